The van der Waals surface area contributed by atoms with Crippen molar-refractivity contribution in [2.45, 2.75) is 52.5 Å². The van der Waals surface area contributed by atoms with Crippen LogP contribution in [0.3, 0.4) is 0 Å². The molecule has 4 heteroatoms. The Morgan fingerprint density at radius 3 is 2.12 bits per heavy atom. The highest BCUT2D eigenvalue weighted by Crippen LogP contribution is 2.30. The summed E-state index contributed by atoms with van der Waals surface area (Å²) in [6, 6.07) is 0.0962. The monoisotopic (exact) mass is 241 g/mol. The number of amides is 1. The molecular formula is C13H23NO3. The maximum atomic E-state index is 12.1. The van der Waals surface area contributed by atoms with E-state index < -0.39 is 11.9 Å². The Bertz CT molecular complexity index is 288. The van der Waals surface area contributed by atoms with Crippen LogP contribution in [0.1, 0.15) is 46.5 Å². The second kappa shape index (κ2) is 6.03. The summed E-state index contributed by atoms with van der Waals surface area (Å²) in [7, 11) is 0. The van der Waals surface area contributed by atoms with Gasteiger partial charge in [0.05, 0.1) is 11.8 Å². The number of nitrogens with one attached hydrogen (secondary N) is 1. The minimum absolute atomic E-state index is 0.0849. The first-order valence-electron chi connectivity index (χ1n) is 6.46. The Morgan fingerprint density at radius 2 is 1.65 bits per heavy atom. The molecule has 0 heterocycles. The van der Waals surface area contributed by atoms with Gasteiger partial charge >= 0.3 is 5.97 Å². The molecule has 0 aromatic heterocycles. The molecule has 1 saturated carbocycles. The van der Waals surface area contributed by atoms with E-state index in [1.165, 1.54) is 0 Å². The molecule has 1 fully saturated rings. The topological polar surface area (TPSA) is 66.4 Å². The number of carboxylic acid groups (broad SMARTS) is 1. The lowest BCUT2D eigenvalue weighted by atomic mass is 9.78. The Labute approximate surface area is 103 Å². The summed E-state index contributed by atoms with van der Waals surface area (Å²) in [4.78, 5) is 23.2. The normalized spacial score (nSPS) is 26.6. The van der Waals surface area contributed by atoms with Gasteiger partial charge in [-0.25, -0.2) is 0 Å². The second-order valence-corrected chi connectivity index (χ2v) is 5.38. The zero-order valence-corrected chi connectivity index (χ0v) is 10.9. The van der Waals surface area contributed by atoms with Gasteiger partial charge in [-0.15, -0.1) is 0 Å². The van der Waals surface area contributed by atoms with Crippen LogP contribution >= 0.6 is 0 Å². The lowest BCUT2D eigenvalue weighted by molar-refractivity contribution is -0.149. The van der Waals surface area contributed by atoms with Crippen LogP contribution in [0.5, 0.6) is 0 Å². The van der Waals surface area contributed by atoms with Crippen molar-refractivity contribution in [2.24, 2.45) is 17.8 Å². The largest absolute Gasteiger partial charge is 0.481 e. The van der Waals surface area contributed by atoms with Crippen molar-refractivity contribution in [3.05, 3.63) is 0 Å². The summed E-state index contributed by atoms with van der Waals surface area (Å²) in [6.45, 7) is 6.04. The van der Waals surface area contributed by atoms with Crippen molar-refractivity contribution in [2.75, 3.05) is 0 Å². The maximum Gasteiger partial charge on any atom is 0.307 e. The highest BCUT2D eigenvalue weighted by Gasteiger charge is 2.36. The van der Waals surface area contributed by atoms with E-state index in [-0.39, 0.29) is 17.9 Å². The van der Waals surface area contributed by atoms with Gasteiger partial charge in [-0.2, -0.15) is 0 Å². The van der Waals surface area contributed by atoms with Gasteiger partial charge in [-0.3, -0.25) is 9.59 Å². The summed E-state index contributed by atoms with van der Waals surface area (Å²) in [6.07, 6.45) is 3.20. The number of aliphatic carboxylic acids is 1. The molecule has 98 valence electrons. The van der Waals surface area contributed by atoms with E-state index in [9.17, 15) is 9.59 Å². The molecule has 0 aromatic rings. The van der Waals surface area contributed by atoms with Crippen molar-refractivity contribution < 1.29 is 14.7 Å². The third-order valence-electron chi connectivity index (χ3n) is 3.79. The van der Waals surface area contributed by atoms with Crippen LogP contribution in [0, 0.1) is 17.8 Å². The summed E-state index contributed by atoms with van der Waals surface area (Å²) in [5, 5.41) is 12.1. The van der Waals surface area contributed by atoms with Gasteiger partial charge in [0, 0.05) is 6.04 Å². The maximum absolute atomic E-state index is 12.1. The van der Waals surface area contributed by atoms with Crippen LogP contribution in [0.15, 0.2) is 0 Å². The summed E-state index contributed by atoms with van der Waals surface area (Å²) in [5.41, 5.74) is 0. The van der Waals surface area contributed by atoms with E-state index in [0.717, 1.165) is 12.8 Å². The Hall–Kier alpha value is -1.06. The first-order valence-corrected chi connectivity index (χ1v) is 6.46. The van der Waals surface area contributed by atoms with E-state index in [0.29, 0.717) is 18.8 Å². The Balaban J connectivity index is 2.62. The van der Waals surface area contributed by atoms with Crippen LogP contribution in [-0.4, -0.2) is 23.0 Å². The Kier molecular flexibility index (Phi) is 4.97. The predicted octanol–water partition coefficient (Wildman–Crippen LogP) is 2.04. The molecule has 1 amide bonds. The third-order valence-corrected chi connectivity index (χ3v) is 3.79. The smallest absolute Gasteiger partial charge is 0.307 e. The molecule has 0 radical (unpaired) electrons. The van der Waals surface area contributed by atoms with Crippen LogP contribution < -0.4 is 5.32 Å². The van der Waals surface area contributed by atoms with Crippen molar-refractivity contribution in [3.63, 3.8) is 0 Å². The number of carbonyl (C=O) groups is 2. The SMILES string of the molecule is CC(C)C(C)NC(=O)[C@@H]1CCCC[C@@H]1C(=O)O. The van der Waals surface area contributed by atoms with E-state index in [1.807, 2.05) is 20.8 Å². The lowest BCUT2D eigenvalue weighted by Crippen LogP contribution is -2.44. The molecule has 0 spiro atoms. The zero-order chi connectivity index (χ0) is 13.0. The number of rotatable bonds is 4. The third kappa shape index (κ3) is 3.72. The summed E-state index contributed by atoms with van der Waals surface area (Å²) in [5.74, 6) is -1.39. The molecule has 0 bridgehead atoms. The number of hydrogen-bond acceptors (Lipinski definition) is 2. The summed E-state index contributed by atoms with van der Waals surface area (Å²) < 4.78 is 0. The Morgan fingerprint density at radius 1 is 1.12 bits per heavy atom. The van der Waals surface area contributed by atoms with Gasteiger partial charge < -0.3 is 10.4 Å². The molecule has 1 aliphatic carbocycles. The van der Waals surface area contributed by atoms with Gasteiger partial charge in [0.25, 0.3) is 0 Å². The highest BCUT2D eigenvalue weighted by atomic mass is 16.4. The molecule has 4 nitrogen and oxygen atoms in total. The van der Waals surface area contributed by atoms with Crippen LogP contribution in [0.4, 0.5) is 0 Å². The van der Waals surface area contributed by atoms with Gasteiger partial charge in [0.1, 0.15) is 0 Å². The van der Waals surface area contributed by atoms with Crippen LogP contribution in [0.25, 0.3) is 0 Å². The van der Waals surface area contributed by atoms with Gasteiger partial charge in [-0.05, 0) is 25.7 Å². The quantitative estimate of drug-likeness (QED) is 0.791. The predicted molar refractivity (Wildman–Crippen MR) is 65.5 cm³/mol. The van der Waals surface area contributed by atoms with Crippen molar-refractivity contribution in [1.82, 2.24) is 5.32 Å². The molecule has 1 aliphatic rings. The number of carbonyl (C=O) groups excluding carboxylic acids is 1. The molecule has 1 unspecified atom stereocenters. The fourth-order valence-corrected chi connectivity index (χ4v) is 2.24. The van der Waals surface area contributed by atoms with E-state index >= 15 is 0 Å². The minimum atomic E-state index is -0.831. The van der Waals surface area contributed by atoms with E-state index in [2.05, 4.69) is 5.32 Å². The first-order chi connectivity index (χ1) is 7.93. The first kappa shape index (κ1) is 14.0. The minimum Gasteiger partial charge on any atom is -0.481 e. The number of hydrogen-bond donors (Lipinski definition) is 2. The molecule has 3 atom stereocenters. The molecule has 2 N–H and O–H groups in total. The van der Waals surface area contributed by atoms with Crippen molar-refractivity contribution in [3.8, 4) is 0 Å². The van der Waals surface area contributed by atoms with Gasteiger partial charge in [0.15, 0.2) is 0 Å². The van der Waals surface area contributed by atoms with Crippen molar-refractivity contribution >= 4 is 11.9 Å². The molecule has 0 aliphatic heterocycles. The van der Waals surface area contributed by atoms with Gasteiger partial charge in [-0.1, -0.05) is 26.7 Å². The van der Waals surface area contributed by atoms with Crippen LogP contribution in [-0.2, 0) is 9.59 Å². The average molecular weight is 241 g/mol. The standard InChI is InChI=1S/C13H23NO3/c1-8(2)9(3)14-12(15)10-6-4-5-7-11(10)13(16)17/h8-11H,4-7H2,1-3H3,(H,14,15)(H,16,17)/t9?,10-,11+/m1/s1. The fourth-order valence-electron chi connectivity index (χ4n) is 2.24. The van der Waals surface area contributed by atoms with Crippen LogP contribution in [0.2, 0.25) is 0 Å². The van der Waals surface area contributed by atoms with Gasteiger partial charge in [0.2, 0.25) is 5.91 Å². The molecule has 1 rings (SSSR count). The lowest BCUT2D eigenvalue weighted by Gasteiger charge is -2.29. The number of carboxylic acids is 1. The molecule has 17 heavy (non-hydrogen) atoms. The summed E-state index contributed by atoms with van der Waals surface area (Å²) >= 11 is 0. The zero-order valence-electron chi connectivity index (χ0n) is 10.9. The fraction of sp³-hybridized carbons (Fsp3) is 0.846. The molecule has 0 aromatic carbocycles. The van der Waals surface area contributed by atoms with Crippen molar-refractivity contribution in [1.29, 1.82) is 0 Å². The highest BCUT2D eigenvalue weighted by molar-refractivity contribution is 5.85. The van der Waals surface area contributed by atoms with E-state index in [1.54, 1.807) is 0 Å². The molecule has 0 saturated heterocycles. The second-order valence-electron chi connectivity index (χ2n) is 5.38. The average Bonchev–Trinajstić information content (AvgIpc) is 2.28. The molecular weight excluding hydrogens is 218 g/mol. The van der Waals surface area contributed by atoms with E-state index in [4.69, 9.17) is 5.11 Å².